The lowest BCUT2D eigenvalue weighted by Gasteiger charge is -2.30. The molecule has 1 aliphatic rings. The van der Waals surface area contributed by atoms with Gasteiger partial charge in [-0.3, -0.25) is 4.79 Å². The summed E-state index contributed by atoms with van der Waals surface area (Å²) in [6.45, 7) is -0.207. The molecule has 10 heteroatoms. The number of sulfonamides is 1. The van der Waals surface area contributed by atoms with E-state index in [0.29, 0.717) is 25.0 Å². The minimum atomic E-state index is -4.73. The molecule has 1 aromatic rings. The van der Waals surface area contributed by atoms with Crippen molar-refractivity contribution in [1.82, 2.24) is 4.31 Å². The van der Waals surface area contributed by atoms with E-state index in [-0.39, 0.29) is 18.8 Å². The van der Waals surface area contributed by atoms with Crippen LogP contribution < -0.4 is 4.74 Å². The van der Waals surface area contributed by atoms with Gasteiger partial charge in [-0.1, -0.05) is 0 Å². The molecular weight excluding hydrogens is 351 g/mol. The van der Waals surface area contributed by atoms with Crippen molar-refractivity contribution in [3.05, 3.63) is 23.8 Å². The summed E-state index contributed by atoms with van der Waals surface area (Å²) in [5.41, 5.74) is -1.15. The third-order valence-corrected chi connectivity index (χ3v) is 5.66. The van der Waals surface area contributed by atoms with Gasteiger partial charge < -0.3 is 9.84 Å². The van der Waals surface area contributed by atoms with Crippen molar-refractivity contribution in [3.63, 3.8) is 0 Å². The Morgan fingerprint density at radius 2 is 2.00 bits per heavy atom. The van der Waals surface area contributed by atoms with Crippen LogP contribution in [0.5, 0.6) is 5.75 Å². The number of carbonyl (C=O) groups is 1. The van der Waals surface area contributed by atoms with Crippen LogP contribution in [0.4, 0.5) is 13.2 Å². The number of methoxy groups -OCH3 is 1. The molecule has 0 saturated carbocycles. The molecule has 0 amide bonds. The highest BCUT2D eigenvalue weighted by atomic mass is 32.2. The SMILES string of the molecule is COc1cc(C(F)(F)F)cc(S(=O)(=O)N2CCCC(C(=O)O)C2)c1. The Morgan fingerprint density at radius 1 is 1.33 bits per heavy atom. The maximum Gasteiger partial charge on any atom is 0.416 e. The predicted octanol–water partition coefficient (Wildman–Crippen LogP) is 2.20. The number of hydrogen-bond acceptors (Lipinski definition) is 4. The van der Waals surface area contributed by atoms with E-state index in [1.807, 2.05) is 0 Å². The lowest BCUT2D eigenvalue weighted by atomic mass is 10.0. The summed E-state index contributed by atoms with van der Waals surface area (Å²) in [4.78, 5) is 10.5. The van der Waals surface area contributed by atoms with Crippen molar-refractivity contribution in [1.29, 1.82) is 0 Å². The van der Waals surface area contributed by atoms with E-state index in [4.69, 9.17) is 9.84 Å². The van der Waals surface area contributed by atoms with E-state index in [0.717, 1.165) is 17.5 Å². The molecule has 24 heavy (non-hydrogen) atoms. The first kappa shape index (κ1) is 18.5. The number of nitrogens with zero attached hydrogens (tertiary/aromatic N) is 1. The molecule has 1 unspecified atom stereocenters. The van der Waals surface area contributed by atoms with E-state index in [1.165, 1.54) is 0 Å². The molecule has 1 heterocycles. The molecule has 0 aliphatic carbocycles. The van der Waals surface area contributed by atoms with Crippen LogP contribution >= 0.6 is 0 Å². The van der Waals surface area contributed by atoms with Crippen LogP contribution in [0.2, 0.25) is 0 Å². The number of halogens is 3. The number of rotatable bonds is 4. The van der Waals surface area contributed by atoms with Crippen LogP contribution in [0.3, 0.4) is 0 Å². The molecule has 1 fully saturated rings. The largest absolute Gasteiger partial charge is 0.497 e. The minimum Gasteiger partial charge on any atom is -0.497 e. The second-order valence-electron chi connectivity index (χ2n) is 5.44. The zero-order valence-corrected chi connectivity index (χ0v) is 13.5. The number of piperidine rings is 1. The third kappa shape index (κ3) is 3.81. The summed E-state index contributed by atoms with van der Waals surface area (Å²) < 4.78 is 69.7. The van der Waals surface area contributed by atoms with E-state index >= 15 is 0 Å². The third-order valence-electron chi connectivity index (χ3n) is 3.81. The zero-order valence-electron chi connectivity index (χ0n) is 12.7. The van der Waals surface area contributed by atoms with Gasteiger partial charge in [0.25, 0.3) is 0 Å². The number of alkyl halides is 3. The minimum absolute atomic E-state index is 0.0602. The highest BCUT2D eigenvalue weighted by Crippen LogP contribution is 2.35. The quantitative estimate of drug-likeness (QED) is 0.882. The smallest absolute Gasteiger partial charge is 0.416 e. The van der Waals surface area contributed by atoms with Crippen molar-refractivity contribution in [2.24, 2.45) is 5.92 Å². The molecule has 0 radical (unpaired) electrons. The van der Waals surface area contributed by atoms with Crippen LogP contribution in [0, 0.1) is 5.92 Å². The van der Waals surface area contributed by atoms with Crippen LogP contribution in [-0.2, 0) is 21.0 Å². The second kappa shape index (κ2) is 6.60. The summed E-state index contributed by atoms with van der Waals surface area (Å²) >= 11 is 0. The molecule has 2 rings (SSSR count). The number of benzene rings is 1. The van der Waals surface area contributed by atoms with Gasteiger partial charge in [-0.25, -0.2) is 8.42 Å². The Hall–Kier alpha value is -1.81. The average Bonchev–Trinajstić information content (AvgIpc) is 2.53. The van der Waals surface area contributed by atoms with Crippen molar-refractivity contribution >= 4 is 16.0 Å². The number of aliphatic carboxylic acids is 1. The predicted molar refractivity (Wildman–Crippen MR) is 77.1 cm³/mol. The maximum absolute atomic E-state index is 12.9. The first-order valence-corrected chi connectivity index (χ1v) is 8.49. The van der Waals surface area contributed by atoms with Gasteiger partial charge in [0, 0.05) is 19.2 Å². The molecule has 134 valence electrons. The van der Waals surface area contributed by atoms with Crippen molar-refractivity contribution in [3.8, 4) is 5.75 Å². The monoisotopic (exact) mass is 367 g/mol. The van der Waals surface area contributed by atoms with E-state index < -0.39 is 38.5 Å². The van der Waals surface area contributed by atoms with Crippen molar-refractivity contribution in [2.45, 2.75) is 23.9 Å². The zero-order chi connectivity index (χ0) is 18.1. The molecule has 0 aromatic heterocycles. The summed E-state index contributed by atoms with van der Waals surface area (Å²) in [6.07, 6.45) is -4.08. The molecule has 0 bridgehead atoms. The second-order valence-corrected chi connectivity index (χ2v) is 7.37. The standard InChI is InChI=1S/C14H16F3NO5S/c1-23-11-5-10(14(15,16)17)6-12(7-11)24(21,22)18-4-2-3-9(8-18)13(19)20/h5-7,9H,2-4,8H2,1H3,(H,19,20). The Kier molecular flexibility index (Phi) is 5.09. The van der Waals surface area contributed by atoms with Crippen LogP contribution in [0.1, 0.15) is 18.4 Å². The van der Waals surface area contributed by atoms with Gasteiger partial charge in [0.2, 0.25) is 10.0 Å². The Labute approximate surface area is 136 Å². The lowest BCUT2D eigenvalue weighted by molar-refractivity contribution is -0.143. The number of carboxylic acid groups (broad SMARTS) is 1. The normalized spacial score (nSPS) is 19.9. The summed E-state index contributed by atoms with van der Waals surface area (Å²) in [7, 11) is -3.12. The Balaban J connectivity index is 2.43. The van der Waals surface area contributed by atoms with Gasteiger partial charge in [-0.05, 0) is 25.0 Å². The Morgan fingerprint density at radius 3 is 2.54 bits per heavy atom. The van der Waals surface area contributed by atoms with Gasteiger partial charge in [-0.15, -0.1) is 0 Å². The fraction of sp³-hybridized carbons (Fsp3) is 0.500. The highest BCUT2D eigenvalue weighted by Gasteiger charge is 2.36. The first-order chi connectivity index (χ1) is 11.1. The molecule has 1 atom stereocenters. The fourth-order valence-electron chi connectivity index (χ4n) is 2.51. The molecular formula is C14H16F3NO5S. The Bertz CT molecular complexity index is 732. The number of ether oxygens (including phenoxy) is 1. The van der Waals surface area contributed by atoms with Gasteiger partial charge in [0.1, 0.15) is 5.75 Å². The first-order valence-electron chi connectivity index (χ1n) is 7.05. The maximum atomic E-state index is 12.9. The van der Waals surface area contributed by atoms with Crippen molar-refractivity contribution in [2.75, 3.05) is 20.2 Å². The van der Waals surface area contributed by atoms with Gasteiger partial charge >= 0.3 is 12.1 Å². The summed E-state index contributed by atoms with van der Waals surface area (Å²) in [6, 6.07) is 2.23. The van der Waals surface area contributed by atoms with Gasteiger partial charge in [0.05, 0.1) is 23.5 Å². The molecule has 1 aliphatic heterocycles. The number of carboxylic acids is 1. The van der Waals surface area contributed by atoms with E-state index in [2.05, 4.69) is 0 Å². The molecule has 6 nitrogen and oxygen atoms in total. The summed E-state index contributed by atoms with van der Waals surface area (Å²) in [5, 5.41) is 9.04. The van der Waals surface area contributed by atoms with E-state index in [1.54, 1.807) is 0 Å². The lowest BCUT2D eigenvalue weighted by Crippen LogP contribution is -2.42. The van der Waals surface area contributed by atoms with Gasteiger partial charge in [-0.2, -0.15) is 17.5 Å². The highest BCUT2D eigenvalue weighted by molar-refractivity contribution is 7.89. The number of hydrogen-bond donors (Lipinski definition) is 1. The van der Waals surface area contributed by atoms with E-state index in [9.17, 15) is 26.4 Å². The molecule has 1 N–H and O–H groups in total. The summed E-state index contributed by atoms with van der Waals surface area (Å²) in [5.74, 6) is -2.24. The van der Waals surface area contributed by atoms with Gasteiger partial charge in [0.15, 0.2) is 0 Å². The average molecular weight is 367 g/mol. The molecule has 1 saturated heterocycles. The fourth-order valence-corrected chi connectivity index (χ4v) is 4.10. The van der Waals surface area contributed by atoms with Crippen LogP contribution in [0.15, 0.2) is 23.1 Å². The van der Waals surface area contributed by atoms with Crippen molar-refractivity contribution < 1.29 is 36.2 Å². The topological polar surface area (TPSA) is 83.9 Å². The molecule has 0 spiro atoms. The van der Waals surface area contributed by atoms with Crippen LogP contribution in [-0.4, -0.2) is 44.0 Å². The van der Waals surface area contributed by atoms with Crippen LogP contribution in [0.25, 0.3) is 0 Å². The molecule has 1 aromatic carbocycles.